The Balaban J connectivity index is 2.35. The minimum Gasteiger partial charge on any atom is -0.481 e. The maximum Gasteiger partial charge on any atom is 0.316 e. The van der Waals surface area contributed by atoms with Crippen LogP contribution in [-0.4, -0.2) is 42.0 Å². The van der Waals surface area contributed by atoms with Crippen LogP contribution in [0.15, 0.2) is 30.3 Å². The maximum absolute atomic E-state index is 14.3. The molecule has 1 aliphatic heterocycles. The van der Waals surface area contributed by atoms with Gasteiger partial charge in [0.05, 0.1) is 6.54 Å². The first-order valence-corrected chi connectivity index (χ1v) is 6.21. The van der Waals surface area contributed by atoms with Crippen molar-refractivity contribution in [1.82, 2.24) is 4.90 Å². The fourth-order valence-electron chi connectivity index (χ4n) is 2.64. The normalized spacial score (nSPS) is 27.1. The Bertz CT molecular complexity index is 464. The number of hydrogen-bond acceptors (Lipinski definition) is 2. The van der Waals surface area contributed by atoms with Gasteiger partial charge in [0.2, 0.25) is 0 Å². The zero-order chi connectivity index (χ0) is 14.1. The van der Waals surface area contributed by atoms with Crippen LogP contribution >= 0.6 is 0 Å². The Morgan fingerprint density at radius 3 is 2.53 bits per heavy atom. The predicted octanol–water partition coefficient (Wildman–Crippen LogP) is 2.27. The summed E-state index contributed by atoms with van der Waals surface area (Å²) in [6, 6.07) is 8.64. The molecule has 1 N–H and O–H groups in total. The standard InChI is InChI=1S/C14H17F2NO2/c1-17-8-7-13(12(18)19,14(15,16)10-17)9-11-5-3-2-4-6-11/h2-6H,7-10H2,1H3,(H,18,19). The first-order valence-electron chi connectivity index (χ1n) is 6.21. The van der Waals surface area contributed by atoms with Crippen molar-refractivity contribution in [3.63, 3.8) is 0 Å². The van der Waals surface area contributed by atoms with Crippen LogP contribution in [0.3, 0.4) is 0 Å². The summed E-state index contributed by atoms with van der Waals surface area (Å²) >= 11 is 0. The van der Waals surface area contributed by atoms with Crippen LogP contribution in [0.25, 0.3) is 0 Å². The van der Waals surface area contributed by atoms with Crippen LogP contribution in [-0.2, 0) is 11.2 Å². The molecule has 0 aromatic heterocycles. The average molecular weight is 269 g/mol. The molecule has 1 fully saturated rings. The summed E-state index contributed by atoms with van der Waals surface area (Å²) in [5.74, 6) is -4.64. The smallest absolute Gasteiger partial charge is 0.316 e. The summed E-state index contributed by atoms with van der Waals surface area (Å²) in [5, 5.41) is 9.37. The third kappa shape index (κ3) is 2.47. The van der Waals surface area contributed by atoms with Gasteiger partial charge in [-0.2, -0.15) is 0 Å². The number of piperidine rings is 1. The molecule has 104 valence electrons. The van der Waals surface area contributed by atoms with Crippen LogP contribution in [0.5, 0.6) is 0 Å². The fourth-order valence-corrected chi connectivity index (χ4v) is 2.64. The predicted molar refractivity (Wildman–Crippen MR) is 67.3 cm³/mol. The average Bonchev–Trinajstić information content (AvgIpc) is 2.33. The first-order chi connectivity index (χ1) is 8.87. The lowest BCUT2D eigenvalue weighted by molar-refractivity contribution is -0.196. The molecule has 1 aromatic rings. The number of likely N-dealkylation sites (tertiary alicyclic amines) is 1. The summed E-state index contributed by atoms with van der Waals surface area (Å²) in [4.78, 5) is 13.0. The molecule has 0 spiro atoms. The summed E-state index contributed by atoms with van der Waals surface area (Å²) in [5.41, 5.74) is -1.37. The highest BCUT2D eigenvalue weighted by atomic mass is 19.3. The van der Waals surface area contributed by atoms with Gasteiger partial charge in [-0.1, -0.05) is 30.3 Å². The number of hydrogen-bond donors (Lipinski definition) is 1. The van der Waals surface area contributed by atoms with Gasteiger partial charge in [-0.05, 0) is 32.0 Å². The number of carboxylic acid groups (broad SMARTS) is 1. The van der Waals surface area contributed by atoms with E-state index in [0.29, 0.717) is 12.1 Å². The van der Waals surface area contributed by atoms with E-state index in [4.69, 9.17) is 0 Å². The summed E-state index contributed by atoms with van der Waals surface area (Å²) < 4.78 is 28.6. The highest BCUT2D eigenvalue weighted by Crippen LogP contribution is 2.46. The Hall–Kier alpha value is -1.49. The van der Waals surface area contributed by atoms with E-state index in [1.54, 1.807) is 37.4 Å². The van der Waals surface area contributed by atoms with E-state index in [1.807, 2.05) is 0 Å². The van der Waals surface area contributed by atoms with Gasteiger partial charge in [0, 0.05) is 0 Å². The molecule has 1 aliphatic rings. The quantitative estimate of drug-likeness (QED) is 0.915. The molecule has 0 saturated carbocycles. The number of alkyl halides is 2. The minimum absolute atomic E-state index is 0.0409. The van der Waals surface area contributed by atoms with Gasteiger partial charge in [0.1, 0.15) is 5.41 Å². The Morgan fingerprint density at radius 1 is 1.37 bits per heavy atom. The summed E-state index contributed by atoms with van der Waals surface area (Å²) in [6.45, 7) is -0.138. The van der Waals surface area contributed by atoms with E-state index in [1.165, 1.54) is 4.90 Å². The topological polar surface area (TPSA) is 40.5 Å². The molecule has 2 rings (SSSR count). The van der Waals surface area contributed by atoms with Crippen molar-refractivity contribution in [3.05, 3.63) is 35.9 Å². The van der Waals surface area contributed by atoms with Crippen LogP contribution in [0.1, 0.15) is 12.0 Å². The molecular weight excluding hydrogens is 252 g/mol. The third-order valence-corrected chi connectivity index (χ3v) is 3.85. The summed E-state index contributed by atoms with van der Waals surface area (Å²) in [7, 11) is 1.59. The Labute approximate surface area is 110 Å². The van der Waals surface area contributed by atoms with E-state index in [2.05, 4.69) is 0 Å². The molecule has 1 aromatic carbocycles. The van der Waals surface area contributed by atoms with E-state index < -0.39 is 23.9 Å². The minimum atomic E-state index is -3.23. The lowest BCUT2D eigenvalue weighted by Gasteiger charge is -2.43. The second kappa shape index (κ2) is 4.89. The molecular formula is C14H17F2NO2. The van der Waals surface area contributed by atoms with E-state index in [-0.39, 0.29) is 12.8 Å². The zero-order valence-electron chi connectivity index (χ0n) is 10.8. The monoisotopic (exact) mass is 269 g/mol. The van der Waals surface area contributed by atoms with Crippen LogP contribution in [0, 0.1) is 5.41 Å². The maximum atomic E-state index is 14.3. The van der Waals surface area contributed by atoms with Crippen molar-refractivity contribution in [1.29, 1.82) is 0 Å². The number of nitrogens with zero attached hydrogens (tertiary/aromatic N) is 1. The van der Waals surface area contributed by atoms with Crippen LogP contribution in [0.4, 0.5) is 8.78 Å². The van der Waals surface area contributed by atoms with Gasteiger partial charge < -0.3 is 10.0 Å². The van der Waals surface area contributed by atoms with Crippen molar-refractivity contribution >= 4 is 5.97 Å². The van der Waals surface area contributed by atoms with Crippen molar-refractivity contribution < 1.29 is 18.7 Å². The van der Waals surface area contributed by atoms with E-state index >= 15 is 0 Å². The van der Waals surface area contributed by atoms with Gasteiger partial charge in [-0.3, -0.25) is 4.79 Å². The first kappa shape index (κ1) is 13.9. The lowest BCUT2D eigenvalue weighted by Crippen LogP contribution is -2.59. The van der Waals surface area contributed by atoms with E-state index in [0.717, 1.165) is 0 Å². The van der Waals surface area contributed by atoms with Crippen LogP contribution < -0.4 is 0 Å². The second-order valence-electron chi connectivity index (χ2n) is 5.24. The molecule has 1 saturated heterocycles. The number of benzene rings is 1. The van der Waals surface area contributed by atoms with E-state index in [9.17, 15) is 18.7 Å². The number of halogens is 2. The van der Waals surface area contributed by atoms with Crippen LogP contribution in [0.2, 0.25) is 0 Å². The molecule has 0 radical (unpaired) electrons. The van der Waals surface area contributed by atoms with Crippen molar-refractivity contribution in [2.75, 3.05) is 20.1 Å². The molecule has 0 amide bonds. The molecule has 3 nitrogen and oxygen atoms in total. The number of aliphatic carboxylic acids is 1. The fraction of sp³-hybridized carbons (Fsp3) is 0.500. The molecule has 0 bridgehead atoms. The zero-order valence-corrected chi connectivity index (χ0v) is 10.8. The highest BCUT2D eigenvalue weighted by molar-refractivity contribution is 5.77. The molecule has 19 heavy (non-hydrogen) atoms. The molecule has 1 atom stereocenters. The van der Waals surface area contributed by atoms with Gasteiger partial charge in [0.25, 0.3) is 5.92 Å². The Kier molecular flexibility index (Phi) is 3.58. The van der Waals surface area contributed by atoms with Crippen molar-refractivity contribution in [3.8, 4) is 0 Å². The molecule has 1 heterocycles. The highest BCUT2D eigenvalue weighted by Gasteiger charge is 2.61. The third-order valence-electron chi connectivity index (χ3n) is 3.85. The number of carboxylic acids is 1. The second-order valence-corrected chi connectivity index (χ2v) is 5.24. The SMILES string of the molecule is CN1CCC(Cc2ccccc2)(C(=O)O)C(F)(F)C1. The van der Waals surface area contributed by atoms with Gasteiger partial charge in [-0.15, -0.1) is 0 Å². The summed E-state index contributed by atoms with van der Waals surface area (Å²) in [6.07, 6.45) is -0.176. The Morgan fingerprint density at radius 2 is 2.00 bits per heavy atom. The van der Waals surface area contributed by atoms with Gasteiger partial charge in [-0.25, -0.2) is 8.78 Å². The van der Waals surface area contributed by atoms with Gasteiger partial charge in [0.15, 0.2) is 0 Å². The largest absolute Gasteiger partial charge is 0.481 e. The lowest BCUT2D eigenvalue weighted by atomic mass is 9.71. The molecule has 1 unspecified atom stereocenters. The van der Waals surface area contributed by atoms with Crippen molar-refractivity contribution in [2.45, 2.75) is 18.8 Å². The molecule has 0 aliphatic carbocycles. The number of rotatable bonds is 3. The van der Waals surface area contributed by atoms with Crippen molar-refractivity contribution in [2.24, 2.45) is 5.41 Å². The molecule has 5 heteroatoms. The van der Waals surface area contributed by atoms with Gasteiger partial charge >= 0.3 is 5.97 Å². The number of carbonyl (C=O) groups is 1.